The molecular formula is C10H14NO2+. The Kier molecular flexibility index (Phi) is 2.10. The van der Waals surface area contributed by atoms with Crippen molar-refractivity contribution in [3.05, 3.63) is 17.7 Å². The number of benzene rings is 1. The summed E-state index contributed by atoms with van der Waals surface area (Å²) in [6, 6.07) is 4.11. The first-order chi connectivity index (χ1) is 6.35. The van der Waals surface area contributed by atoms with E-state index in [0.29, 0.717) is 0 Å². The molecule has 0 atom stereocenters. The Morgan fingerprint density at radius 2 is 1.85 bits per heavy atom. The molecule has 0 bridgehead atoms. The summed E-state index contributed by atoms with van der Waals surface area (Å²) in [5.41, 5.74) is 2.65. The van der Waals surface area contributed by atoms with Crippen LogP contribution in [-0.4, -0.2) is 20.8 Å². The van der Waals surface area contributed by atoms with Gasteiger partial charge in [-0.1, -0.05) is 0 Å². The second kappa shape index (κ2) is 3.26. The maximum atomic E-state index is 5.22. The first-order valence-electron chi connectivity index (χ1n) is 4.43. The fraction of sp³-hybridized carbons (Fsp3) is 0.400. The van der Waals surface area contributed by atoms with E-state index in [-0.39, 0.29) is 0 Å². The van der Waals surface area contributed by atoms with Crippen molar-refractivity contribution in [1.29, 1.82) is 0 Å². The van der Waals surface area contributed by atoms with Gasteiger partial charge in [-0.2, -0.15) is 0 Å². The SMILES string of the molecule is COc1cc2c(cc1OC)[NH2+]CC2. The number of hydrogen-bond donors (Lipinski definition) is 1. The largest absolute Gasteiger partial charge is 0.493 e. The second-order valence-electron chi connectivity index (χ2n) is 3.15. The van der Waals surface area contributed by atoms with Crippen molar-refractivity contribution in [2.45, 2.75) is 6.42 Å². The molecule has 0 aliphatic carbocycles. The van der Waals surface area contributed by atoms with Crippen LogP contribution in [-0.2, 0) is 6.42 Å². The maximum Gasteiger partial charge on any atom is 0.166 e. The number of hydrogen-bond acceptors (Lipinski definition) is 2. The molecule has 2 rings (SSSR count). The Morgan fingerprint density at radius 3 is 2.54 bits per heavy atom. The highest BCUT2D eigenvalue weighted by molar-refractivity contribution is 5.54. The number of fused-ring (bicyclic) bond motifs is 1. The number of ether oxygens (including phenoxy) is 2. The van der Waals surface area contributed by atoms with Crippen LogP contribution in [0.2, 0.25) is 0 Å². The van der Waals surface area contributed by atoms with Crippen molar-refractivity contribution < 1.29 is 14.8 Å². The van der Waals surface area contributed by atoms with Crippen LogP contribution in [0.5, 0.6) is 11.5 Å². The summed E-state index contributed by atoms with van der Waals surface area (Å²) in [4.78, 5) is 0. The van der Waals surface area contributed by atoms with Gasteiger partial charge in [0, 0.05) is 18.1 Å². The minimum atomic E-state index is 0.819. The third-order valence-electron chi connectivity index (χ3n) is 2.42. The van der Waals surface area contributed by atoms with Crippen molar-refractivity contribution in [3.8, 4) is 11.5 Å². The maximum absolute atomic E-state index is 5.22. The first kappa shape index (κ1) is 8.38. The first-order valence-corrected chi connectivity index (χ1v) is 4.43. The summed E-state index contributed by atoms with van der Waals surface area (Å²) >= 11 is 0. The van der Waals surface area contributed by atoms with Crippen LogP contribution in [0.3, 0.4) is 0 Å². The van der Waals surface area contributed by atoms with Crippen LogP contribution in [0.15, 0.2) is 12.1 Å². The average molecular weight is 180 g/mol. The number of methoxy groups -OCH3 is 2. The quantitative estimate of drug-likeness (QED) is 0.671. The van der Waals surface area contributed by atoms with Gasteiger partial charge < -0.3 is 14.8 Å². The molecule has 0 spiro atoms. The zero-order valence-corrected chi connectivity index (χ0v) is 7.96. The molecule has 70 valence electrons. The molecule has 0 radical (unpaired) electrons. The normalized spacial score (nSPS) is 14.0. The molecule has 1 aromatic rings. The van der Waals surface area contributed by atoms with E-state index < -0.39 is 0 Å². The standard InChI is InChI=1S/C10H13NO2/c1-12-9-5-7-3-4-11-8(7)6-10(9)13-2/h5-6,11H,3-4H2,1-2H3/p+1. The van der Waals surface area contributed by atoms with E-state index >= 15 is 0 Å². The summed E-state index contributed by atoms with van der Waals surface area (Å²) in [5, 5.41) is 2.23. The molecule has 0 saturated carbocycles. The van der Waals surface area contributed by atoms with E-state index in [2.05, 4.69) is 11.4 Å². The average Bonchev–Trinajstić information content (AvgIpc) is 2.62. The summed E-state index contributed by atoms with van der Waals surface area (Å²) in [6.07, 6.45) is 1.12. The lowest BCUT2D eigenvalue weighted by Gasteiger charge is -2.07. The predicted octanol–water partition coefficient (Wildman–Crippen LogP) is 0.455. The summed E-state index contributed by atoms with van der Waals surface area (Å²) in [5.74, 6) is 1.65. The van der Waals surface area contributed by atoms with E-state index in [1.807, 2.05) is 6.07 Å². The molecule has 1 aliphatic heterocycles. The Morgan fingerprint density at radius 1 is 1.15 bits per heavy atom. The zero-order valence-electron chi connectivity index (χ0n) is 7.96. The Bertz CT molecular complexity index is 292. The highest BCUT2D eigenvalue weighted by Crippen LogP contribution is 2.32. The van der Waals surface area contributed by atoms with E-state index in [1.165, 1.54) is 11.3 Å². The van der Waals surface area contributed by atoms with Crippen LogP contribution >= 0.6 is 0 Å². The second-order valence-corrected chi connectivity index (χ2v) is 3.15. The monoisotopic (exact) mass is 180 g/mol. The third kappa shape index (κ3) is 1.35. The molecule has 1 heterocycles. The molecule has 3 heteroatoms. The summed E-state index contributed by atoms with van der Waals surface area (Å²) < 4.78 is 10.4. The highest BCUT2D eigenvalue weighted by atomic mass is 16.5. The molecule has 0 fully saturated rings. The molecule has 0 saturated heterocycles. The lowest BCUT2D eigenvalue weighted by Crippen LogP contribution is -2.75. The highest BCUT2D eigenvalue weighted by Gasteiger charge is 2.18. The lowest BCUT2D eigenvalue weighted by molar-refractivity contribution is -0.561. The van der Waals surface area contributed by atoms with Gasteiger partial charge in [0.15, 0.2) is 11.5 Å². The number of nitrogens with two attached hydrogens (primary N) is 1. The summed E-state index contributed by atoms with van der Waals surface area (Å²) in [6.45, 7) is 1.13. The Labute approximate surface area is 77.7 Å². The van der Waals surface area contributed by atoms with Crippen LogP contribution in [0, 0.1) is 0 Å². The van der Waals surface area contributed by atoms with E-state index in [1.54, 1.807) is 14.2 Å². The van der Waals surface area contributed by atoms with Gasteiger partial charge in [0.1, 0.15) is 5.69 Å². The molecular weight excluding hydrogens is 166 g/mol. The zero-order chi connectivity index (χ0) is 9.26. The minimum Gasteiger partial charge on any atom is -0.493 e. The van der Waals surface area contributed by atoms with Gasteiger partial charge in [-0.25, -0.2) is 0 Å². The smallest absolute Gasteiger partial charge is 0.166 e. The number of quaternary nitrogens is 1. The fourth-order valence-electron chi connectivity index (χ4n) is 1.73. The molecule has 1 aliphatic rings. The van der Waals surface area contributed by atoms with Gasteiger partial charge >= 0.3 is 0 Å². The molecule has 0 amide bonds. The van der Waals surface area contributed by atoms with Crippen LogP contribution < -0.4 is 14.8 Å². The molecule has 13 heavy (non-hydrogen) atoms. The van der Waals surface area contributed by atoms with Crippen LogP contribution in [0.1, 0.15) is 5.56 Å². The van der Waals surface area contributed by atoms with Crippen molar-refractivity contribution in [1.82, 2.24) is 0 Å². The molecule has 0 aromatic heterocycles. The molecule has 3 nitrogen and oxygen atoms in total. The topological polar surface area (TPSA) is 35.1 Å². The van der Waals surface area contributed by atoms with Gasteiger partial charge in [-0.15, -0.1) is 0 Å². The minimum absolute atomic E-state index is 0.819. The van der Waals surface area contributed by atoms with Gasteiger partial charge in [-0.05, 0) is 6.07 Å². The summed E-state index contributed by atoms with van der Waals surface area (Å²) in [7, 11) is 3.34. The van der Waals surface area contributed by atoms with Crippen molar-refractivity contribution in [3.63, 3.8) is 0 Å². The van der Waals surface area contributed by atoms with Gasteiger partial charge in [0.2, 0.25) is 0 Å². The van der Waals surface area contributed by atoms with Crippen LogP contribution in [0.4, 0.5) is 5.69 Å². The van der Waals surface area contributed by atoms with Gasteiger partial charge in [-0.3, -0.25) is 0 Å². The van der Waals surface area contributed by atoms with Crippen LogP contribution in [0.25, 0.3) is 0 Å². The van der Waals surface area contributed by atoms with Crippen molar-refractivity contribution in [2.75, 3.05) is 20.8 Å². The van der Waals surface area contributed by atoms with Gasteiger partial charge in [0.25, 0.3) is 0 Å². The van der Waals surface area contributed by atoms with Crippen molar-refractivity contribution >= 4 is 5.69 Å². The molecule has 2 N–H and O–H groups in total. The Balaban J connectivity index is 2.47. The van der Waals surface area contributed by atoms with E-state index in [4.69, 9.17) is 9.47 Å². The van der Waals surface area contributed by atoms with E-state index in [9.17, 15) is 0 Å². The number of rotatable bonds is 2. The van der Waals surface area contributed by atoms with E-state index in [0.717, 1.165) is 24.5 Å². The molecule has 0 unspecified atom stereocenters. The Hall–Kier alpha value is -1.22. The predicted molar refractivity (Wildman–Crippen MR) is 49.7 cm³/mol. The van der Waals surface area contributed by atoms with Crippen molar-refractivity contribution in [2.24, 2.45) is 0 Å². The molecule has 1 aromatic carbocycles. The van der Waals surface area contributed by atoms with Gasteiger partial charge in [0.05, 0.1) is 20.8 Å². The fourth-order valence-corrected chi connectivity index (χ4v) is 1.73. The lowest BCUT2D eigenvalue weighted by atomic mass is 10.1. The third-order valence-corrected chi connectivity index (χ3v) is 2.42.